The second-order valence-electron chi connectivity index (χ2n) is 7.26. The lowest BCUT2D eigenvalue weighted by atomic mass is 9.64. The summed E-state index contributed by atoms with van der Waals surface area (Å²) in [6.45, 7) is 1.47. The van der Waals surface area contributed by atoms with Gasteiger partial charge in [0.05, 0.1) is 33.3 Å². The fourth-order valence-electron chi connectivity index (χ4n) is 4.80. The molecule has 0 aliphatic heterocycles. The van der Waals surface area contributed by atoms with Crippen LogP contribution in [0.1, 0.15) is 24.5 Å². The summed E-state index contributed by atoms with van der Waals surface area (Å²) in [6, 6.07) is 1.43. The van der Waals surface area contributed by atoms with E-state index in [1.807, 2.05) is 6.08 Å². The molecule has 1 aromatic rings. The van der Waals surface area contributed by atoms with Crippen molar-refractivity contribution in [3.63, 3.8) is 0 Å². The number of Topliss-reactive ketones (excluding diaryl/α,β-unsaturated/α-hetero) is 1. The van der Waals surface area contributed by atoms with E-state index in [0.29, 0.717) is 24.4 Å². The summed E-state index contributed by atoms with van der Waals surface area (Å²) in [5.74, 6) is 0.360. The third kappa shape index (κ3) is 2.42. The van der Waals surface area contributed by atoms with Gasteiger partial charge in [0.1, 0.15) is 0 Å². The number of ether oxygens (including phenoxy) is 3. The van der Waals surface area contributed by atoms with Crippen LogP contribution >= 0.6 is 0 Å². The van der Waals surface area contributed by atoms with E-state index in [1.165, 1.54) is 28.3 Å². The summed E-state index contributed by atoms with van der Waals surface area (Å²) < 4.78 is 16.3. The minimum atomic E-state index is -0.336. The summed E-state index contributed by atoms with van der Waals surface area (Å²) in [4.78, 5) is 24.6. The molecular formula is C21H23NO6. The van der Waals surface area contributed by atoms with Crippen LogP contribution in [0.15, 0.2) is 23.5 Å². The quantitative estimate of drug-likeness (QED) is 0.823. The number of carbonyl (C=O) groups is 2. The zero-order chi connectivity index (χ0) is 20.2. The molecule has 0 heterocycles. The summed E-state index contributed by atoms with van der Waals surface area (Å²) in [5, 5.41) is 13.4. The van der Waals surface area contributed by atoms with E-state index >= 15 is 0 Å². The number of phenolic OH excluding ortho intramolecular Hbond substituents is 1. The maximum Gasteiger partial charge on any atom is 0.217 e. The van der Waals surface area contributed by atoms with E-state index in [2.05, 4.69) is 5.32 Å². The average Bonchev–Trinajstić information content (AvgIpc) is 2.84. The number of nitrogens with one attached hydrogen (secondary N) is 1. The molecule has 1 aromatic carbocycles. The lowest BCUT2D eigenvalue weighted by Crippen LogP contribution is -2.44. The molecule has 0 saturated carbocycles. The van der Waals surface area contributed by atoms with Gasteiger partial charge in [-0.25, -0.2) is 0 Å². The molecule has 3 atom stereocenters. The van der Waals surface area contributed by atoms with Gasteiger partial charge in [0.2, 0.25) is 17.4 Å². The summed E-state index contributed by atoms with van der Waals surface area (Å²) >= 11 is 0. The maximum absolute atomic E-state index is 12.8. The highest BCUT2D eigenvalue weighted by Gasteiger charge is 2.54. The Morgan fingerprint density at radius 2 is 1.89 bits per heavy atom. The summed E-state index contributed by atoms with van der Waals surface area (Å²) in [7, 11) is 4.49. The number of phenols is 1. The minimum Gasteiger partial charge on any atom is -0.504 e. The van der Waals surface area contributed by atoms with Crippen LogP contribution in [0.5, 0.6) is 17.2 Å². The number of carbonyl (C=O) groups excluding carboxylic acids is 2. The number of allylic oxidation sites excluding steroid dienone is 3. The second kappa shape index (κ2) is 6.58. The Morgan fingerprint density at radius 3 is 2.50 bits per heavy atom. The van der Waals surface area contributed by atoms with Crippen LogP contribution in [-0.2, 0) is 20.7 Å². The molecule has 0 spiro atoms. The first-order valence-corrected chi connectivity index (χ1v) is 9.21. The van der Waals surface area contributed by atoms with Gasteiger partial charge in [-0.05, 0) is 41.7 Å². The van der Waals surface area contributed by atoms with Gasteiger partial charge < -0.3 is 24.6 Å². The predicted octanol–water partition coefficient (Wildman–Crippen LogP) is 1.97. The van der Waals surface area contributed by atoms with Crippen molar-refractivity contribution in [3.05, 3.63) is 34.6 Å². The number of methoxy groups -OCH3 is 3. The van der Waals surface area contributed by atoms with Gasteiger partial charge in [0, 0.05) is 18.4 Å². The fraction of sp³-hybridized carbons (Fsp3) is 0.429. The number of aromatic hydroxyl groups is 1. The largest absolute Gasteiger partial charge is 0.504 e. The van der Waals surface area contributed by atoms with Crippen molar-refractivity contribution in [1.29, 1.82) is 0 Å². The molecule has 3 aliphatic rings. The lowest BCUT2D eigenvalue weighted by Gasteiger charge is -2.40. The van der Waals surface area contributed by atoms with Crippen molar-refractivity contribution >= 4 is 17.3 Å². The van der Waals surface area contributed by atoms with Gasteiger partial charge in [0.15, 0.2) is 17.3 Å². The third-order valence-corrected chi connectivity index (χ3v) is 5.85. The summed E-state index contributed by atoms with van der Waals surface area (Å²) in [6.07, 6.45) is 3.08. The molecule has 0 aromatic heterocycles. The van der Waals surface area contributed by atoms with E-state index in [1.54, 1.807) is 6.07 Å². The van der Waals surface area contributed by atoms with Crippen LogP contribution in [0.25, 0.3) is 5.57 Å². The van der Waals surface area contributed by atoms with Crippen LogP contribution < -0.4 is 14.8 Å². The van der Waals surface area contributed by atoms with Crippen molar-refractivity contribution in [3.8, 4) is 17.2 Å². The van der Waals surface area contributed by atoms with Crippen LogP contribution in [0.2, 0.25) is 0 Å². The fourth-order valence-corrected chi connectivity index (χ4v) is 4.80. The number of rotatable bonds is 4. The Bertz CT molecular complexity index is 945. The minimum absolute atomic E-state index is 0.00437. The first kappa shape index (κ1) is 18.4. The molecule has 2 N–H and O–H groups in total. The van der Waals surface area contributed by atoms with Crippen molar-refractivity contribution < 1.29 is 28.9 Å². The number of hydrogen-bond acceptors (Lipinski definition) is 6. The van der Waals surface area contributed by atoms with Crippen molar-refractivity contribution in [2.24, 2.45) is 11.8 Å². The Balaban J connectivity index is 1.96. The number of hydrogen-bond donors (Lipinski definition) is 2. The number of aryl methyl sites for hydroxylation is 1. The normalized spacial score (nSPS) is 24.9. The zero-order valence-corrected chi connectivity index (χ0v) is 16.3. The summed E-state index contributed by atoms with van der Waals surface area (Å²) in [5.41, 5.74) is 3.59. The van der Waals surface area contributed by atoms with Gasteiger partial charge in [-0.3, -0.25) is 9.59 Å². The number of fused-ring (bicyclic) bond motifs is 5. The monoisotopic (exact) mass is 385 g/mol. The van der Waals surface area contributed by atoms with Crippen LogP contribution in [0.4, 0.5) is 0 Å². The first-order valence-electron chi connectivity index (χ1n) is 9.21. The van der Waals surface area contributed by atoms with Crippen LogP contribution in [0.3, 0.4) is 0 Å². The van der Waals surface area contributed by atoms with E-state index in [4.69, 9.17) is 14.2 Å². The second-order valence-corrected chi connectivity index (χ2v) is 7.26. The van der Waals surface area contributed by atoms with Gasteiger partial charge in [-0.1, -0.05) is 0 Å². The molecule has 28 heavy (non-hydrogen) atoms. The SMILES string of the molecule is COC1=C[C@@H]2C3=C([C@@H]2C1=O)[C@@H](NC(C)=O)CCc1cc(O)c(OC)c(OC)c13. The Kier molecular flexibility index (Phi) is 4.33. The Morgan fingerprint density at radius 1 is 1.18 bits per heavy atom. The predicted molar refractivity (Wildman–Crippen MR) is 101 cm³/mol. The molecule has 0 unspecified atom stereocenters. The Labute approximate surface area is 163 Å². The third-order valence-electron chi connectivity index (χ3n) is 5.85. The van der Waals surface area contributed by atoms with Crippen LogP contribution in [0, 0.1) is 11.8 Å². The highest BCUT2D eigenvalue weighted by Crippen LogP contribution is 2.59. The molecule has 0 bridgehead atoms. The topological polar surface area (TPSA) is 94.1 Å². The van der Waals surface area contributed by atoms with E-state index in [9.17, 15) is 14.7 Å². The molecule has 0 radical (unpaired) electrons. The number of amides is 1. The molecule has 148 valence electrons. The average molecular weight is 385 g/mol. The highest BCUT2D eigenvalue weighted by atomic mass is 16.5. The number of benzene rings is 1. The smallest absolute Gasteiger partial charge is 0.217 e. The molecule has 3 aliphatic carbocycles. The zero-order valence-electron chi connectivity index (χ0n) is 16.3. The van der Waals surface area contributed by atoms with Crippen molar-refractivity contribution in [1.82, 2.24) is 5.32 Å². The molecule has 0 fully saturated rings. The number of ketones is 1. The van der Waals surface area contributed by atoms with Gasteiger partial charge in [-0.2, -0.15) is 0 Å². The van der Waals surface area contributed by atoms with E-state index in [0.717, 1.165) is 22.3 Å². The molecule has 0 saturated heterocycles. The molecule has 7 nitrogen and oxygen atoms in total. The lowest BCUT2D eigenvalue weighted by molar-refractivity contribution is -0.122. The van der Waals surface area contributed by atoms with Gasteiger partial charge in [0.25, 0.3) is 0 Å². The highest BCUT2D eigenvalue weighted by molar-refractivity contribution is 6.08. The van der Waals surface area contributed by atoms with Gasteiger partial charge >= 0.3 is 0 Å². The van der Waals surface area contributed by atoms with Crippen molar-refractivity contribution in [2.75, 3.05) is 21.3 Å². The molecule has 4 rings (SSSR count). The first-order chi connectivity index (χ1) is 13.4. The molecular weight excluding hydrogens is 362 g/mol. The molecule has 7 heteroatoms. The maximum atomic E-state index is 12.8. The van der Waals surface area contributed by atoms with E-state index < -0.39 is 0 Å². The van der Waals surface area contributed by atoms with E-state index in [-0.39, 0.29) is 41.1 Å². The van der Waals surface area contributed by atoms with Gasteiger partial charge in [-0.15, -0.1) is 0 Å². The molecule has 1 amide bonds. The van der Waals surface area contributed by atoms with Crippen LogP contribution in [-0.4, -0.2) is 44.2 Å². The Hall–Kier alpha value is -2.96. The van der Waals surface area contributed by atoms with Crippen molar-refractivity contribution in [2.45, 2.75) is 25.8 Å². The standard InChI is InChI=1S/C21H23NO6/c1-9(23)22-12-6-5-10-7-13(24)20(27-3)21(28-4)15(10)16-11-8-14(26-2)19(25)17(11)18(12)16/h7-8,11-12,17,24H,5-6H2,1-4H3,(H,22,23)/t11-,12+,17-/m1/s1.